The first-order valence-corrected chi connectivity index (χ1v) is 9.39. The molecule has 0 aliphatic heterocycles. The predicted molar refractivity (Wildman–Crippen MR) is 121 cm³/mol. The first-order chi connectivity index (χ1) is 12.7. The summed E-state index contributed by atoms with van der Waals surface area (Å²) in [6.07, 6.45) is 0. The molecule has 0 fully saturated rings. The zero-order valence-corrected chi connectivity index (χ0v) is 18.1. The van der Waals surface area contributed by atoms with Gasteiger partial charge in [-0.25, -0.2) is 14.4 Å². The average molecular weight is 496 g/mol. The van der Waals surface area contributed by atoms with E-state index in [2.05, 4.69) is 38.1 Å². The molecule has 27 heavy (non-hydrogen) atoms. The molecule has 0 radical (unpaired) electrons. The third kappa shape index (κ3) is 6.59. The fraction of sp³-hybridized carbons (Fsp3) is 0.200. The molecular weight excluding hydrogens is 474 g/mol. The van der Waals surface area contributed by atoms with E-state index < -0.39 is 0 Å². The maximum absolute atomic E-state index is 13.0. The van der Waals surface area contributed by atoms with Crippen LogP contribution in [0.5, 0.6) is 0 Å². The van der Waals surface area contributed by atoms with Crippen molar-refractivity contribution in [2.45, 2.75) is 20.0 Å². The van der Waals surface area contributed by atoms with Gasteiger partial charge in [-0.2, -0.15) is 0 Å². The third-order valence-corrected chi connectivity index (χ3v) is 4.55. The van der Waals surface area contributed by atoms with E-state index in [1.165, 1.54) is 12.1 Å². The van der Waals surface area contributed by atoms with Crippen molar-refractivity contribution in [2.24, 2.45) is 4.99 Å². The van der Waals surface area contributed by atoms with Gasteiger partial charge in [0, 0.05) is 17.5 Å². The highest BCUT2D eigenvalue weighted by atomic mass is 127. The Labute approximate surface area is 180 Å². The standard InChI is InChI=1S/C20H21FN4S.HI/c1-2-22-20(23-12-15-8-10-17(21)11-9-15)24-13-19-25-18(14-26-19)16-6-4-3-5-7-16;/h3-11,14H,2,12-13H2,1H3,(H2,22,23,24);1H. The van der Waals surface area contributed by atoms with Gasteiger partial charge < -0.3 is 10.6 Å². The van der Waals surface area contributed by atoms with Crippen LogP contribution in [0.2, 0.25) is 0 Å². The van der Waals surface area contributed by atoms with E-state index in [4.69, 9.17) is 0 Å². The van der Waals surface area contributed by atoms with Gasteiger partial charge in [0.25, 0.3) is 0 Å². The Morgan fingerprint density at radius 3 is 2.52 bits per heavy atom. The van der Waals surface area contributed by atoms with Gasteiger partial charge in [0.1, 0.15) is 10.8 Å². The van der Waals surface area contributed by atoms with E-state index in [1.807, 2.05) is 25.1 Å². The summed E-state index contributed by atoms with van der Waals surface area (Å²) >= 11 is 1.62. The van der Waals surface area contributed by atoms with Gasteiger partial charge in [-0.1, -0.05) is 42.5 Å². The molecule has 0 aliphatic rings. The van der Waals surface area contributed by atoms with Crippen molar-refractivity contribution in [3.63, 3.8) is 0 Å². The summed E-state index contributed by atoms with van der Waals surface area (Å²) in [7, 11) is 0. The van der Waals surface area contributed by atoms with E-state index >= 15 is 0 Å². The summed E-state index contributed by atoms with van der Waals surface area (Å²) in [5.41, 5.74) is 3.07. The molecule has 7 heteroatoms. The summed E-state index contributed by atoms with van der Waals surface area (Å²) in [5.74, 6) is 0.481. The Kier molecular flexibility index (Phi) is 8.66. The second-order valence-electron chi connectivity index (χ2n) is 5.67. The van der Waals surface area contributed by atoms with Crippen LogP contribution in [0.15, 0.2) is 65.0 Å². The highest BCUT2D eigenvalue weighted by Gasteiger charge is 2.05. The van der Waals surface area contributed by atoms with Gasteiger partial charge in [0.2, 0.25) is 0 Å². The highest BCUT2D eigenvalue weighted by molar-refractivity contribution is 14.0. The molecule has 0 saturated heterocycles. The molecule has 0 atom stereocenters. The lowest BCUT2D eigenvalue weighted by atomic mass is 10.2. The molecule has 0 saturated carbocycles. The maximum Gasteiger partial charge on any atom is 0.191 e. The quantitative estimate of drug-likeness (QED) is 0.292. The van der Waals surface area contributed by atoms with Crippen molar-refractivity contribution in [1.82, 2.24) is 15.6 Å². The molecule has 1 aromatic heterocycles. The highest BCUT2D eigenvalue weighted by Crippen LogP contribution is 2.21. The summed E-state index contributed by atoms with van der Waals surface area (Å²) < 4.78 is 13.0. The maximum atomic E-state index is 13.0. The van der Waals surface area contributed by atoms with Gasteiger partial charge in [-0.15, -0.1) is 35.3 Å². The molecule has 1 heterocycles. The van der Waals surface area contributed by atoms with Crippen LogP contribution in [0.25, 0.3) is 11.3 Å². The smallest absolute Gasteiger partial charge is 0.191 e. The number of aliphatic imine (C=N–C) groups is 1. The molecule has 3 rings (SSSR count). The van der Waals surface area contributed by atoms with E-state index in [0.717, 1.165) is 28.4 Å². The van der Waals surface area contributed by atoms with Crippen LogP contribution in [0.1, 0.15) is 17.5 Å². The zero-order valence-electron chi connectivity index (χ0n) is 15.0. The number of halogens is 2. The molecule has 2 N–H and O–H groups in total. The Balaban J connectivity index is 0.00000261. The summed E-state index contributed by atoms with van der Waals surface area (Å²) in [6.45, 7) is 3.88. The number of aromatic nitrogens is 1. The minimum absolute atomic E-state index is 0. The Bertz CT molecular complexity index is 850. The number of hydrogen-bond acceptors (Lipinski definition) is 3. The van der Waals surface area contributed by atoms with Crippen molar-refractivity contribution in [1.29, 1.82) is 0 Å². The number of thiazole rings is 1. The summed E-state index contributed by atoms with van der Waals surface area (Å²) in [6, 6.07) is 16.5. The molecule has 0 bridgehead atoms. The van der Waals surface area contributed by atoms with Crippen LogP contribution >= 0.6 is 35.3 Å². The van der Waals surface area contributed by atoms with Crippen molar-refractivity contribution in [2.75, 3.05) is 6.54 Å². The van der Waals surface area contributed by atoms with Crippen LogP contribution in [-0.4, -0.2) is 17.5 Å². The van der Waals surface area contributed by atoms with Gasteiger partial charge in [0.05, 0.1) is 18.8 Å². The minimum atomic E-state index is -0.235. The number of nitrogens with zero attached hydrogens (tertiary/aromatic N) is 2. The zero-order chi connectivity index (χ0) is 18.2. The van der Waals surface area contributed by atoms with Crippen LogP contribution < -0.4 is 10.6 Å². The van der Waals surface area contributed by atoms with Crippen LogP contribution in [0, 0.1) is 5.82 Å². The number of benzene rings is 2. The summed E-state index contributed by atoms with van der Waals surface area (Å²) in [4.78, 5) is 9.21. The Morgan fingerprint density at radius 2 is 1.81 bits per heavy atom. The molecule has 3 aromatic rings. The van der Waals surface area contributed by atoms with E-state index in [1.54, 1.807) is 23.5 Å². The minimum Gasteiger partial charge on any atom is -0.357 e. The van der Waals surface area contributed by atoms with Crippen molar-refractivity contribution in [3.8, 4) is 11.3 Å². The lowest BCUT2D eigenvalue weighted by Crippen LogP contribution is -2.36. The molecule has 0 amide bonds. The SMILES string of the molecule is CCNC(=NCc1ccc(F)cc1)NCc1nc(-c2ccccc2)cs1.I. The third-order valence-electron chi connectivity index (χ3n) is 3.71. The first-order valence-electron chi connectivity index (χ1n) is 8.51. The first kappa shape index (κ1) is 21.3. The average Bonchev–Trinajstić information content (AvgIpc) is 3.15. The van der Waals surface area contributed by atoms with Crippen LogP contribution in [0.4, 0.5) is 4.39 Å². The summed E-state index contributed by atoms with van der Waals surface area (Å²) in [5, 5.41) is 9.57. The van der Waals surface area contributed by atoms with Gasteiger partial charge in [0.15, 0.2) is 5.96 Å². The molecule has 4 nitrogen and oxygen atoms in total. The normalized spacial score (nSPS) is 11.0. The fourth-order valence-electron chi connectivity index (χ4n) is 2.39. The van der Waals surface area contributed by atoms with Crippen LogP contribution in [-0.2, 0) is 13.1 Å². The number of guanidine groups is 1. The largest absolute Gasteiger partial charge is 0.357 e. The van der Waals surface area contributed by atoms with Crippen LogP contribution in [0.3, 0.4) is 0 Å². The van der Waals surface area contributed by atoms with E-state index in [-0.39, 0.29) is 29.8 Å². The van der Waals surface area contributed by atoms with Gasteiger partial charge in [-0.05, 0) is 24.6 Å². The number of nitrogens with one attached hydrogen (secondary N) is 2. The van der Waals surface area contributed by atoms with E-state index in [9.17, 15) is 4.39 Å². The lowest BCUT2D eigenvalue weighted by molar-refractivity contribution is 0.627. The van der Waals surface area contributed by atoms with Crippen molar-refractivity contribution in [3.05, 3.63) is 76.4 Å². The second-order valence-corrected chi connectivity index (χ2v) is 6.61. The van der Waals surface area contributed by atoms with Crippen molar-refractivity contribution >= 4 is 41.3 Å². The van der Waals surface area contributed by atoms with Crippen molar-refractivity contribution < 1.29 is 4.39 Å². The molecule has 0 spiro atoms. The number of rotatable bonds is 6. The topological polar surface area (TPSA) is 49.3 Å². The second kappa shape index (κ2) is 11.0. The van der Waals surface area contributed by atoms with E-state index in [0.29, 0.717) is 19.0 Å². The Hall–Kier alpha value is -2.00. The monoisotopic (exact) mass is 496 g/mol. The predicted octanol–water partition coefficient (Wildman–Crippen LogP) is 4.82. The molecule has 142 valence electrons. The van der Waals surface area contributed by atoms with Gasteiger partial charge >= 0.3 is 0 Å². The molecule has 2 aromatic carbocycles. The lowest BCUT2D eigenvalue weighted by Gasteiger charge is -2.10. The molecule has 0 aliphatic carbocycles. The van der Waals surface area contributed by atoms with Gasteiger partial charge in [-0.3, -0.25) is 0 Å². The molecular formula is C20H22FIN4S. The number of hydrogen-bond donors (Lipinski definition) is 2. The molecule has 0 unspecified atom stereocenters. The Morgan fingerprint density at radius 1 is 1.07 bits per heavy atom. The fourth-order valence-corrected chi connectivity index (χ4v) is 3.14.